The first-order valence-electron chi connectivity index (χ1n) is 8.84. The lowest BCUT2D eigenvalue weighted by Gasteiger charge is -2.16. The van der Waals surface area contributed by atoms with E-state index in [1.165, 1.54) is 30.6 Å². The van der Waals surface area contributed by atoms with Crippen LogP contribution in [0.5, 0.6) is 0 Å². The lowest BCUT2D eigenvalue weighted by Crippen LogP contribution is -2.25. The second-order valence-corrected chi connectivity index (χ2v) is 9.94. The van der Waals surface area contributed by atoms with E-state index in [1.807, 2.05) is 7.05 Å². The van der Waals surface area contributed by atoms with Gasteiger partial charge in [-0.2, -0.15) is 5.10 Å². The van der Waals surface area contributed by atoms with Crippen molar-refractivity contribution in [1.82, 2.24) is 14.5 Å². The Balaban J connectivity index is 1.94. The predicted molar refractivity (Wildman–Crippen MR) is 110 cm³/mol. The van der Waals surface area contributed by atoms with Gasteiger partial charge >= 0.3 is 0 Å². The number of aromatic nitrogens is 2. The van der Waals surface area contributed by atoms with Crippen LogP contribution in [0, 0.1) is 0 Å². The highest BCUT2D eigenvalue weighted by Gasteiger charge is 2.19. The molecule has 1 heterocycles. The lowest BCUT2D eigenvalue weighted by molar-refractivity contribution is 0.434. The summed E-state index contributed by atoms with van der Waals surface area (Å²) in [6.45, 7) is 0.140. The third-order valence-corrected chi connectivity index (χ3v) is 7.62. The predicted octanol–water partition coefficient (Wildman–Crippen LogP) is 3.55. The van der Waals surface area contributed by atoms with Crippen LogP contribution in [-0.2, 0) is 17.1 Å². The molecule has 1 aliphatic carbocycles. The monoisotopic (exact) mass is 448 g/mol. The second kappa shape index (κ2) is 9.05. The highest BCUT2D eigenvalue weighted by molar-refractivity contribution is 7.89. The van der Waals surface area contributed by atoms with Crippen LogP contribution >= 0.6 is 34.5 Å². The zero-order valence-corrected chi connectivity index (χ0v) is 18.1. The number of halogens is 2. The average Bonchev–Trinajstić information content (AvgIpc) is 3.01. The molecule has 0 bridgehead atoms. The van der Waals surface area contributed by atoms with E-state index >= 15 is 0 Å². The number of hydrogen-bond donors (Lipinski definition) is 1. The Morgan fingerprint density at radius 3 is 2.78 bits per heavy atom. The Kier molecular flexibility index (Phi) is 6.97. The molecule has 1 aliphatic rings. The summed E-state index contributed by atoms with van der Waals surface area (Å²) in [7, 11) is -1.87. The van der Waals surface area contributed by atoms with Gasteiger partial charge in [-0.25, -0.2) is 17.8 Å². The van der Waals surface area contributed by atoms with Crippen molar-refractivity contribution in [3.05, 3.63) is 28.0 Å². The first kappa shape index (κ1) is 20.8. The summed E-state index contributed by atoms with van der Waals surface area (Å²) in [6, 6.07) is 5.24. The maximum absolute atomic E-state index is 12.4. The Labute approximate surface area is 173 Å². The molecule has 1 fully saturated rings. The van der Waals surface area contributed by atoms with E-state index in [9.17, 15) is 8.42 Å². The van der Waals surface area contributed by atoms with E-state index in [2.05, 4.69) is 9.82 Å². The van der Waals surface area contributed by atoms with E-state index in [1.54, 1.807) is 22.9 Å². The molecule has 0 atom stereocenters. The minimum atomic E-state index is -3.73. The molecule has 3 rings (SSSR count). The van der Waals surface area contributed by atoms with Crippen molar-refractivity contribution in [3.8, 4) is 10.6 Å². The number of benzene rings is 1. The zero-order chi connectivity index (χ0) is 19.4. The summed E-state index contributed by atoms with van der Waals surface area (Å²) in [6.07, 6.45) is 5.95. The van der Waals surface area contributed by atoms with Crippen LogP contribution in [-0.4, -0.2) is 36.7 Å². The number of hydrogen-bond acceptors (Lipinski definition) is 5. The van der Waals surface area contributed by atoms with Gasteiger partial charge in [0.1, 0.15) is 9.90 Å². The highest BCUT2D eigenvalue weighted by atomic mass is 35.5. The zero-order valence-electron chi connectivity index (χ0n) is 15.0. The number of nitrogens with one attached hydrogen (secondary N) is 1. The van der Waals surface area contributed by atoms with Gasteiger partial charge < -0.3 is 0 Å². The van der Waals surface area contributed by atoms with E-state index < -0.39 is 10.0 Å². The van der Waals surface area contributed by atoms with Crippen LogP contribution in [0.3, 0.4) is 0 Å². The third kappa shape index (κ3) is 5.12. The van der Waals surface area contributed by atoms with Gasteiger partial charge in [0, 0.05) is 25.0 Å². The molecule has 6 nitrogen and oxygen atoms in total. The van der Waals surface area contributed by atoms with Gasteiger partial charge in [0.15, 0.2) is 0 Å². The molecule has 10 heteroatoms. The summed E-state index contributed by atoms with van der Waals surface area (Å²) in [4.78, 5) is 5.71. The van der Waals surface area contributed by atoms with Gasteiger partial charge in [-0.15, -0.1) is 11.6 Å². The molecule has 0 amide bonds. The Morgan fingerprint density at radius 1 is 1.33 bits per heavy atom. The number of alkyl halides is 1. The van der Waals surface area contributed by atoms with Crippen molar-refractivity contribution in [1.29, 1.82) is 0 Å². The summed E-state index contributed by atoms with van der Waals surface area (Å²) in [5.74, 6) is 0.185. The largest absolute Gasteiger partial charge is 0.254 e. The SMILES string of the molecule is Cn1nc(-c2ccc(Cl)c(S(=O)(=O)NCCCl)c2)sc1=NC1CCCCC1. The quantitative estimate of drug-likeness (QED) is 0.686. The molecule has 0 unspecified atom stereocenters. The first-order valence-corrected chi connectivity index (χ1v) is 12.1. The minimum absolute atomic E-state index is 0.0235. The molecule has 0 aliphatic heterocycles. The number of rotatable bonds is 6. The number of nitrogens with zero attached hydrogens (tertiary/aromatic N) is 3. The van der Waals surface area contributed by atoms with Gasteiger partial charge in [0.25, 0.3) is 0 Å². The average molecular weight is 449 g/mol. The Morgan fingerprint density at radius 2 is 2.07 bits per heavy atom. The molecule has 27 heavy (non-hydrogen) atoms. The second-order valence-electron chi connectivity index (χ2n) is 6.47. The maximum Gasteiger partial charge on any atom is 0.242 e. The molecule has 0 spiro atoms. The summed E-state index contributed by atoms with van der Waals surface area (Å²) in [5.41, 5.74) is 0.691. The van der Waals surface area contributed by atoms with Crippen LogP contribution in [0.2, 0.25) is 5.02 Å². The van der Waals surface area contributed by atoms with Crippen molar-refractivity contribution in [2.45, 2.75) is 43.0 Å². The Hall–Kier alpha value is -0.930. The van der Waals surface area contributed by atoms with Gasteiger partial charge in [-0.1, -0.05) is 48.3 Å². The molecular formula is C17H22Cl2N4O2S2. The van der Waals surface area contributed by atoms with E-state index in [0.717, 1.165) is 17.6 Å². The molecular weight excluding hydrogens is 427 g/mol. The highest BCUT2D eigenvalue weighted by Crippen LogP contribution is 2.28. The minimum Gasteiger partial charge on any atom is -0.254 e. The maximum atomic E-state index is 12.4. The molecule has 2 aromatic rings. The van der Waals surface area contributed by atoms with Crippen molar-refractivity contribution in [2.24, 2.45) is 12.0 Å². The summed E-state index contributed by atoms with van der Waals surface area (Å²) < 4.78 is 29.1. The fraction of sp³-hybridized carbons (Fsp3) is 0.529. The van der Waals surface area contributed by atoms with Crippen molar-refractivity contribution >= 4 is 44.6 Å². The third-order valence-electron chi connectivity index (χ3n) is 4.43. The molecule has 1 N–H and O–H groups in total. The van der Waals surface area contributed by atoms with Crippen LogP contribution in [0.15, 0.2) is 28.1 Å². The first-order chi connectivity index (χ1) is 12.9. The standard InChI is InChI=1S/C17H22Cl2N4O2S2/c1-23-17(21-13-5-3-2-4-6-13)26-16(22-23)12-7-8-14(19)15(11-12)27(24,25)20-10-9-18/h7-8,11,13,20H,2-6,9-10H2,1H3. The van der Waals surface area contributed by atoms with Crippen molar-refractivity contribution in [3.63, 3.8) is 0 Å². The van der Waals surface area contributed by atoms with Crippen LogP contribution in [0.4, 0.5) is 0 Å². The van der Waals surface area contributed by atoms with Gasteiger partial charge in [0.2, 0.25) is 14.8 Å². The molecule has 1 saturated carbocycles. The molecule has 0 saturated heterocycles. The number of aryl methyl sites for hydroxylation is 1. The van der Waals surface area contributed by atoms with E-state index in [4.69, 9.17) is 28.2 Å². The Bertz CT molecular complexity index is 964. The topological polar surface area (TPSA) is 76.3 Å². The van der Waals surface area contributed by atoms with Gasteiger partial charge in [0.05, 0.1) is 11.1 Å². The van der Waals surface area contributed by atoms with Gasteiger partial charge in [-0.3, -0.25) is 4.99 Å². The lowest BCUT2D eigenvalue weighted by atomic mass is 9.96. The summed E-state index contributed by atoms with van der Waals surface area (Å²) in [5, 5.41) is 5.39. The van der Waals surface area contributed by atoms with E-state index in [-0.39, 0.29) is 22.3 Å². The van der Waals surface area contributed by atoms with Crippen LogP contribution < -0.4 is 9.52 Å². The molecule has 0 radical (unpaired) electrons. The normalized spacial score (nSPS) is 16.8. The number of sulfonamides is 1. The smallest absolute Gasteiger partial charge is 0.242 e. The fourth-order valence-electron chi connectivity index (χ4n) is 3.04. The van der Waals surface area contributed by atoms with Gasteiger partial charge in [-0.05, 0) is 25.0 Å². The molecule has 1 aromatic heterocycles. The summed E-state index contributed by atoms with van der Waals surface area (Å²) >= 11 is 13.2. The fourth-order valence-corrected chi connectivity index (χ4v) is 5.76. The van der Waals surface area contributed by atoms with Crippen LogP contribution in [0.25, 0.3) is 10.6 Å². The van der Waals surface area contributed by atoms with Crippen LogP contribution in [0.1, 0.15) is 32.1 Å². The van der Waals surface area contributed by atoms with E-state index in [0.29, 0.717) is 16.6 Å². The molecule has 1 aromatic carbocycles. The molecule has 148 valence electrons. The van der Waals surface area contributed by atoms with Crippen molar-refractivity contribution < 1.29 is 8.42 Å². The van der Waals surface area contributed by atoms with Crippen molar-refractivity contribution in [2.75, 3.05) is 12.4 Å².